The largest absolute Gasteiger partial charge is 0.368 e. The molecule has 0 radical (unpaired) electrons. The van der Waals surface area contributed by atoms with E-state index in [1.165, 1.54) is 31.0 Å². The monoisotopic (exact) mass is 296 g/mol. The van der Waals surface area contributed by atoms with Crippen molar-refractivity contribution in [3.63, 3.8) is 0 Å². The zero-order valence-corrected chi connectivity index (χ0v) is 12.3. The SMILES string of the molecule is CC(Sc1nc(N)nc(N)n1)C(=O)NC1CCCCC1. The molecule has 1 aliphatic carbocycles. The quantitative estimate of drug-likeness (QED) is 0.708. The Hall–Kier alpha value is -1.57. The summed E-state index contributed by atoms with van der Waals surface area (Å²) in [7, 11) is 0. The second kappa shape index (κ2) is 6.74. The summed E-state index contributed by atoms with van der Waals surface area (Å²) in [5.41, 5.74) is 11.0. The van der Waals surface area contributed by atoms with E-state index >= 15 is 0 Å². The summed E-state index contributed by atoms with van der Waals surface area (Å²) in [4.78, 5) is 23.7. The first kappa shape index (κ1) is 14.8. The van der Waals surface area contributed by atoms with Gasteiger partial charge in [0.25, 0.3) is 0 Å². The number of amides is 1. The number of nitrogen functional groups attached to an aromatic ring is 2. The highest BCUT2D eigenvalue weighted by Gasteiger charge is 2.21. The Morgan fingerprint density at radius 2 is 1.80 bits per heavy atom. The molecule has 0 saturated heterocycles. The van der Waals surface area contributed by atoms with Crippen molar-refractivity contribution in [2.75, 3.05) is 11.5 Å². The molecule has 0 aromatic carbocycles. The van der Waals surface area contributed by atoms with E-state index in [0.29, 0.717) is 11.2 Å². The standard InChI is InChI=1S/C12H20N6OS/c1-7(9(19)15-8-5-3-2-4-6-8)20-12-17-10(13)16-11(14)18-12/h7-8H,2-6H2,1H3,(H,15,19)(H4,13,14,16,17,18). The highest BCUT2D eigenvalue weighted by atomic mass is 32.2. The molecule has 1 atom stereocenters. The van der Waals surface area contributed by atoms with Crippen LogP contribution in [0, 0.1) is 0 Å². The Morgan fingerprint density at radius 1 is 1.20 bits per heavy atom. The Bertz CT molecular complexity index is 457. The predicted octanol–water partition coefficient (Wildman–Crippen LogP) is 0.965. The molecule has 8 heteroatoms. The van der Waals surface area contributed by atoms with Gasteiger partial charge >= 0.3 is 0 Å². The van der Waals surface area contributed by atoms with Crippen molar-refractivity contribution >= 4 is 29.6 Å². The highest BCUT2D eigenvalue weighted by molar-refractivity contribution is 8.00. The lowest BCUT2D eigenvalue weighted by molar-refractivity contribution is -0.121. The number of nitrogens with zero attached hydrogens (tertiary/aromatic N) is 3. The van der Waals surface area contributed by atoms with E-state index in [4.69, 9.17) is 11.5 Å². The fraction of sp³-hybridized carbons (Fsp3) is 0.667. The van der Waals surface area contributed by atoms with Gasteiger partial charge in [0.15, 0.2) is 5.16 Å². The van der Waals surface area contributed by atoms with Crippen molar-refractivity contribution in [1.29, 1.82) is 0 Å². The Labute approximate surface area is 122 Å². The van der Waals surface area contributed by atoms with Crippen LogP contribution in [-0.4, -0.2) is 32.2 Å². The molecule has 5 N–H and O–H groups in total. The third-order valence-electron chi connectivity index (χ3n) is 3.25. The summed E-state index contributed by atoms with van der Waals surface area (Å²) in [6.07, 6.45) is 5.77. The van der Waals surface area contributed by atoms with Gasteiger partial charge in [-0.2, -0.15) is 15.0 Å². The average molecular weight is 296 g/mol. The van der Waals surface area contributed by atoms with Gasteiger partial charge in [-0.05, 0) is 19.8 Å². The van der Waals surface area contributed by atoms with Crippen LogP contribution in [0.15, 0.2) is 5.16 Å². The molecule has 1 unspecified atom stereocenters. The van der Waals surface area contributed by atoms with Crippen LogP contribution in [0.25, 0.3) is 0 Å². The zero-order chi connectivity index (χ0) is 14.5. The fourth-order valence-corrected chi connectivity index (χ4v) is 3.00. The summed E-state index contributed by atoms with van der Waals surface area (Å²) in [5.74, 6) is 0.138. The highest BCUT2D eigenvalue weighted by Crippen LogP contribution is 2.22. The van der Waals surface area contributed by atoms with Gasteiger partial charge in [0, 0.05) is 6.04 Å². The van der Waals surface area contributed by atoms with Crippen molar-refractivity contribution in [2.45, 2.75) is 55.5 Å². The summed E-state index contributed by atoms with van der Waals surface area (Å²) in [5, 5.41) is 3.16. The molecule has 110 valence electrons. The Morgan fingerprint density at radius 3 is 2.40 bits per heavy atom. The third kappa shape index (κ3) is 4.22. The van der Waals surface area contributed by atoms with Crippen molar-refractivity contribution < 1.29 is 4.79 Å². The molecule has 0 bridgehead atoms. The molecule has 2 rings (SSSR count). The number of hydrogen-bond acceptors (Lipinski definition) is 7. The lowest BCUT2D eigenvalue weighted by atomic mass is 9.95. The van der Waals surface area contributed by atoms with Gasteiger partial charge in [-0.1, -0.05) is 31.0 Å². The van der Waals surface area contributed by atoms with Gasteiger partial charge in [0.2, 0.25) is 17.8 Å². The van der Waals surface area contributed by atoms with E-state index in [9.17, 15) is 4.79 Å². The second-order valence-electron chi connectivity index (χ2n) is 4.94. The predicted molar refractivity (Wildman–Crippen MR) is 79.0 cm³/mol. The van der Waals surface area contributed by atoms with Crippen LogP contribution < -0.4 is 16.8 Å². The van der Waals surface area contributed by atoms with Crippen molar-refractivity contribution in [3.05, 3.63) is 0 Å². The van der Waals surface area contributed by atoms with Crippen LogP contribution >= 0.6 is 11.8 Å². The van der Waals surface area contributed by atoms with Crippen molar-refractivity contribution in [2.24, 2.45) is 0 Å². The third-order valence-corrected chi connectivity index (χ3v) is 4.21. The number of rotatable bonds is 4. The number of hydrogen-bond donors (Lipinski definition) is 3. The smallest absolute Gasteiger partial charge is 0.233 e. The lowest BCUT2D eigenvalue weighted by Crippen LogP contribution is -2.40. The second-order valence-corrected chi connectivity index (χ2v) is 6.25. The van der Waals surface area contributed by atoms with Crippen LogP contribution in [0.3, 0.4) is 0 Å². The molecule has 1 heterocycles. The van der Waals surface area contributed by atoms with Gasteiger partial charge in [-0.3, -0.25) is 4.79 Å². The lowest BCUT2D eigenvalue weighted by Gasteiger charge is -2.24. The first-order chi connectivity index (χ1) is 9.54. The maximum absolute atomic E-state index is 12.1. The minimum Gasteiger partial charge on any atom is -0.368 e. The number of thioether (sulfide) groups is 1. The molecule has 1 amide bonds. The molecule has 20 heavy (non-hydrogen) atoms. The molecular weight excluding hydrogens is 276 g/mol. The number of carbonyl (C=O) groups excluding carboxylic acids is 1. The molecule has 1 saturated carbocycles. The van der Waals surface area contributed by atoms with Crippen molar-refractivity contribution in [3.8, 4) is 0 Å². The van der Waals surface area contributed by atoms with Crippen molar-refractivity contribution in [1.82, 2.24) is 20.3 Å². The molecule has 0 aliphatic heterocycles. The van der Waals surface area contributed by atoms with Crippen LogP contribution in [-0.2, 0) is 4.79 Å². The average Bonchev–Trinajstić information content (AvgIpc) is 2.38. The summed E-state index contributed by atoms with van der Waals surface area (Å²) in [6.45, 7) is 1.82. The van der Waals surface area contributed by atoms with E-state index in [1.54, 1.807) is 0 Å². The first-order valence-corrected chi connectivity index (χ1v) is 7.66. The Balaban J connectivity index is 1.89. The van der Waals surface area contributed by atoms with Crippen LogP contribution in [0.5, 0.6) is 0 Å². The maximum Gasteiger partial charge on any atom is 0.233 e. The van der Waals surface area contributed by atoms with Gasteiger partial charge in [0.1, 0.15) is 0 Å². The van der Waals surface area contributed by atoms with E-state index < -0.39 is 0 Å². The molecule has 1 aromatic heterocycles. The minimum absolute atomic E-state index is 0.000505. The molecular formula is C12H20N6OS. The van der Waals surface area contributed by atoms with Gasteiger partial charge < -0.3 is 16.8 Å². The first-order valence-electron chi connectivity index (χ1n) is 6.78. The van der Waals surface area contributed by atoms with E-state index in [2.05, 4.69) is 20.3 Å². The number of anilines is 2. The van der Waals surface area contributed by atoms with E-state index in [0.717, 1.165) is 12.8 Å². The molecule has 1 aromatic rings. The minimum atomic E-state index is -0.293. The molecule has 0 spiro atoms. The maximum atomic E-state index is 12.1. The normalized spacial score (nSPS) is 17.6. The summed E-state index contributed by atoms with van der Waals surface area (Å²) >= 11 is 1.23. The van der Waals surface area contributed by atoms with E-state index in [1.807, 2.05) is 6.92 Å². The molecule has 1 fully saturated rings. The van der Waals surface area contributed by atoms with E-state index in [-0.39, 0.29) is 23.1 Å². The van der Waals surface area contributed by atoms with Gasteiger partial charge in [-0.25, -0.2) is 0 Å². The number of aromatic nitrogens is 3. The number of nitrogens with one attached hydrogen (secondary N) is 1. The summed E-state index contributed by atoms with van der Waals surface area (Å²) in [6, 6.07) is 0.299. The van der Waals surface area contributed by atoms with Crippen LogP contribution in [0.2, 0.25) is 0 Å². The fourth-order valence-electron chi connectivity index (χ4n) is 2.22. The molecule has 1 aliphatic rings. The van der Waals surface area contributed by atoms with Gasteiger partial charge in [-0.15, -0.1) is 0 Å². The van der Waals surface area contributed by atoms with Crippen LogP contribution in [0.4, 0.5) is 11.9 Å². The van der Waals surface area contributed by atoms with Crippen LogP contribution in [0.1, 0.15) is 39.0 Å². The Kier molecular flexibility index (Phi) is 4.99. The number of carbonyl (C=O) groups is 1. The van der Waals surface area contributed by atoms with Gasteiger partial charge in [0.05, 0.1) is 5.25 Å². The zero-order valence-electron chi connectivity index (χ0n) is 11.5. The topological polar surface area (TPSA) is 120 Å². The number of nitrogens with two attached hydrogens (primary N) is 2. The summed E-state index contributed by atoms with van der Waals surface area (Å²) < 4.78 is 0. The molecule has 7 nitrogen and oxygen atoms in total.